The molecule has 0 bridgehead atoms. The third-order valence-corrected chi connectivity index (χ3v) is 3.73. The van der Waals surface area contributed by atoms with Gasteiger partial charge in [-0.15, -0.1) is 0 Å². The number of halogens is 1. The minimum absolute atomic E-state index is 0.145. The molecule has 0 saturated heterocycles. The van der Waals surface area contributed by atoms with Crippen molar-refractivity contribution in [1.29, 1.82) is 0 Å². The molecule has 1 aliphatic rings. The molecule has 0 radical (unpaired) electrons. The third kappa shape index (κ3) is 2.27. The van der Waals surface area contributed by atoms with Gasteiger partial charge in [0, 0.05) is 0 Å². The van der Waals surface area contributed by atoms with Crippen LogP contribution >= 0.6 is 0 Å². The molecule has 2 atom stereocenters. The van der Waals surface area contributed by atoms with Gasteiger partial charge in [-0.05, 0) is 55.0 Å². The first kappa shape index (κ1) is 11.6. The van der Waals surface area contributed by atoms with E-state index in [1.54, 1.807) is 12.1 Å². The van der Waals surface area contributed by atoms with E-state index < -0.39 is 0 Å². The van der Waals surface area contributed by atoms with Crippen molar-refractivity contribution >= 4 is 0 Å². The Morgan fingerprint density at radius 3 is 2.69 bits per heavy atom. The van der Waals surface area contributed by atoms with Crippen LogP contribution in [0.1, 0.15) is 32.3 Å². The Morgan fingerprint density at radius 2 is 2.06 bits per heavy atom. The molecule has 1 aromatic carbocycles. The molecule has 1 nitrogen and oxygen atoms in total. The van der Waals surface area contributed by atoms with Crippen molar-refractivity contribution in [2.45, 2.75) is 32.1 Å². The van der Waals surface area contributed by atoms with Crippen LogP contribution in [0.5, 0.6) is 0 Å². The molecule has 88 valence electrons. The minimum atomic E-state index is -0.145. The first-order valence-electron chi connectivity index (χ1n) is 6.13. The average molecular weight is 221 g/mol. The number of hydrogen-bond acceptors (Lipinski definition) is 1. The Morgan fingerprint density at radius 1 is 1.38 bits per heavy atom. The Hall–Kier alpha value is -0.890. The molecule has 1 saturated carbocycles. The molecular weight excluding hydrogens is 201 g/mol. The van der Waals surface area contributed by atoms with Crippen molar-refractivity contribution in [2.75, 3.05) is 13.1 Å². The molecule has 1 N–H and O–H groups in total. The molecule has 0 heterocycles. The largest absolute Gasteiger partial charge is 0.316 e. The highest BCUT2D eigenvalue weighted by molar-refractivity contribution is 5.32. The van der Waals surface area contributed by atoms with Crippen LogP contribution in [0.2, 0.25) is 0 Å². The fourth-order valence-electron chi connectivity index (χ4n) is 2.39. The second-order valence-corrected chi connectivity index (χ2v) is 5.03. The van der Waals surface area contributed by atoms with Gasteiger partial charge in [0.2, 0.25) is 0 Å². The van der Waals surface area contributed by atoms with E-state index in [2.05, 4.69) is 19.2 Å². The van der Waals surface area contributed by atoms with E-state index in [1.165, 1.54) is 18.4 Å². The standard InChI is InChI=1S/C14H20FN/c1-3-8-16-10-12-9-14(12,2)11-4-6-13(15)7-5-11/h4-7,12,16H,3,8-10H2,1-2H3. The van der Waals surface area contributed by atoms with E-state index in [4.69, 9.17) is 0 Å². The highest BCUT2D eigenvalue weighted by Crippen LogP contribution is 2.53. The second kappa shape index (κ2) is 4.54. The summed E-state index contributed by atoms with van der Waals surface area (Å²) in [5.74, 6) is 0.568. The summed E-state index contributed by atoms with van der Waals surface area (Å²) in [7, 11) is 0. The zero-order valence-corrected chi connectivity index (χ0v) is 10.1. The third-order valence-electron chi connectivity index (χ3n) is 3.73. The monoisotopic (exact) mass is 221 g/mol. The smallest absolute Gasteiger partial charge is 0.123 e. The summed E-state index contributed by atoms with van der Waals surface area (Å²) < 4.78 is 12.8. The number of rotatable bonds is 5. The SMILES string of the molecule is CCCNCC1CC1(C)c1ccc(F)cc1. The molecule has 0 aliphatic heterocycles. The minimum Gasteiger partial charge on any atom is -0.316 e. The molecule has 0 amide bonds. The second-order valence-electron chi connectivity index (χ2n) is 5.03. The first-order valence-corrected chi connectivity index (χ1v) is 6.13. The van der Waals surface area contributed by atoms with Crippen LogP contribution in [0.3, 0.4) is 0 Å². The highest BCUT2D eigenvalue weighted by atomic mass is 19.1. The molecule has 2 unspecified atom stereocenters. The van der Waals surface area contributed by atoms with Crippen molar-refractivity contribution in [2.24, 2.45) is 5.92 Å². The van der Waals surface area contributed by atoms with Crippen LogP contribution in [0.15, 0.2) is 24.3 Å². The van der Waals surface area contributed by atoms with Gasteiger partial charge in [-0.25, -0.2) is 4.39 Å². The summed E-state index contributed by atoms with van der Waals surface area (Å²) in [5, 5.41) is 3.46. The van der Waals surface area contributed by atoms with Gasteiger partial charge in [0.15, 0.2) is 0 Å². The summed E-state index contributed by atoms with van der Waals surface area (Å²) in [6, 6.07) is 6.98. The van der Waals surface area contributed by atoms with E-state index >= 15 is 0 Å². The number of benzene rings is 1. The summed E-state index contributed by atoms with van der Waals surface area (Å²) >= 11 is 0. The van der Waals surface area contributed by atoms with Gasteiger partial charge in [0.05, 0.1) is 0 Å². The van der Waals surface area contributed by atoms with Crippen LogP contribution in [0.25, 0.3) is 0 Å². The molecule has 0 spiro atoms. The van der Waals surface area contributed by atoms with E-state index in [0.29, 0.717) is 5.92 Å². The molecule has 1 aromatic rings. The van der Waals surface area contributed by atoms with Gasteiger partial charge in [-0.1, -0.05) is 26.0 Å². The maximum atomic E-state index is 12.8. The fourth-order valence-corrected chi connectivity index (χ4v) is 2.39. The fraction of sp³-hybridized carbons (Fsp3) is 0.571. The van der Waals surface area contributed by atoms with Crippen LogP contribution in [0.4, 0.5) is 4.39 Å². The molecule has 0 aromatic heterocycles. The summed E-state index contributed by atoms with van der Waals surface area (Å²) in [5.41, 5.74) is 1.55. The van der Waals surface area contributed by atoms with Crippen LogP contribution < -0.4 is 5.32 Å². The first-order chi connectivity index (χ1) is 7.66. The summed E-state index contributed by atoms with van der Waals surface area (Å²) in [4.78, 5) is 0. The Bertz CT molecular complexity index is 346. The summed E-state index contributed by atoms with van der Waals surface area (Å²) in [6.07, 6.45) is 2.40. The van der Waals surface area contributed by atoms with Gasteiger partial charge >= 0.3 is 0 Å². The van der Waals surface area contributed by atoms with E-state index in [9.17, 15) is 4.39 Å². The van der Waals surface area contributed by atoms with Gasteiger partial charge in [-0.2, -0.15) is 0 Å². The van der Waals surface area contributed by atoms with E-state index in [1.807, 2.05) is 12.1 Å². The maximum absolute atomic E-state index is 12.8. The number of nitrogens with one attached hydrogen (secondary N) is 1. The van der Waals surface area contributed by atoms with Gasteiger partial charge in [-0.3, -0.25) is 0 Å². The van der Waals surface area contributed by atoms with Crippen molar-refractivity contribution in [3.63, 3.8) is 0 Å². The van der Waals surface area contributed by atoms with Crippen molar-refractivity contribution < 1.29 is 4.39 Å². The van der Waals surface area contributed by atoms with Crippen molar-refractivity contribution in [3.05, 3.63) is 35.6 Å². The van der Waals surface area contributed by atoms with E-state index in [-0.39, 0.29) is 11.2 Å². The van der Waals surface area contributed by atoms with Crippen LogP contribution in [-0.4, -0.2) is 13.1 Å². The predicted octanol–water partition coefficient (Wildman–Crippen LogP) is 3.10. The zero-order chi connectivity index (χ0) is 11.6. The van der Waals surface area contributed by atoms with Crippen molar-refractivity contribution in [1.82, 2.24) is 5.32 Å². The predicted molar refractivity (Wildman–Crippen MR) is 65.0 cm³/mol. The van der Waals surface area contributed by atoms with Crippen molar-refractivity contribution in [3.8, 4) is 0 Å². The lowest BCUT2D eigenvalue weighted by Gasteiger charge is -2.12. The lowest BCUT2D eigenvalue weighted by atomic mass is 9.95. The molecule has 2 heteroatoms. The lowest BCUT2D eigenvalue weighted by molar-refractivity contribution is 0.573. The maximum Gasteiger partial charge on any atom is 0.123 e. The zero-order valence-electron chi connectivity index (χ0n) is 10.1. The molecule has 16 heavy (non-hydrogen) atoms. The molecule has 1 fully saturated rings. The lowest BCUT2D eigenvalue weighted by Crippen LogP contribution is -2.20. The van der Waals surface area contributed by atoms with Crippen LogP contribution in [-0.2, 0) is 5.41 Å². The Balaban J connectivity index is 1.93. The van der Waals surface area contributed by atoms with E-state index in [0.717, 1.165) is 13.1 Å². The molecular formula is C14H20FN. The average Bonchev–Trinajstić information content (AvgIpc) is 2.92. The highest BCUT2D eigenvalue weighted by Gasteiger charge is 2.50. The Labute approximate surface area is 97.1 Å². The molecule has 2 rings (SSSR count). The van der Waals surface area contributed by atoms with Crippen LogP contribution in [0, 0.1) is 11.7 Å². The van der Waals surface area contributed by atoms with Gasteiger partial charge in [0.1, 0.15) is 5.82 Å². The van der Waals surface area contributed by atoms with Gasteiger partial charge < -0.3 is 5.32 Å². The summed E-state index contributed by atoms with van der Waals surface area (Å²) in [6.45, 7) is 6.63. The Kier molecular flexibility index (Phi) is 3.29. The topological polar surface area (TPSA) is 12.0 Å². The van der Waals surface area contributed by atoms with Gasteiger partial charge in [0.25, 0.3) is 0 Å². The number of hydrogen-bond donors (Lipinski definition) is 1. The molecule has 1 aliphatic carbocycles. The quantitative estimate of drug-likeness (QED) is 0.753. The normalized spacial score (nSPS) is 28.1.